The fourth-order valence-electron chi connectivity index (χ4n) is 2.59. The van der Waals surface area contributed by atoms with E-state index < -0.39 is 0 Å². The second-order valence-electron chi connectivity index (χ2n) is 4.33. The van der Waals surface area contributed by atoms with E-state index in [2.05, 4.69) is 4.90 Å². The second-order valence-corrected chi connectivity index (χ2v) is 4.33. The molecule has 2 heterocycles. The first-order valence-corrected chi connectivity index (χ1v) is 5.97. The van der Waals surface area contributed by atoms with E-state index in [0.29, 0.717) is 12.6 Å². The predicted octanol–water partition coefficient (Wildman–Crippen LogP) is 1.31. The van der Waals surface area contributed by atoms with Gasteiger partial charge in [-0.2, -0.15) is 0 Å². The molecule has 1 unspecified atom stereocenters. The number of hydrogen-bond acceptors (Lipinski definition) is 3. The molecule has 0 aromatic heterocycles. The van der Waals surface area contributed by atoms with Gasteiger partial charge in [0.2, 0.25) is 0 Å². The highest BCUT2D eigenvalue weighted by molar-refractivity contribution is 5.67. The highest BCUT2D eigenvalue weighted by Gasteiger charge is 2.30. The molecule has 4 heteroatoms. The summed E-state index contributed by atoms with van der Waals surface area (Å²) in [5, 5.41) is 0. The lowest BCUT2D eigenvalue weighted by Crippen LogP contribution is -2.39. The molecule has 4 nitrogen and oxygen atoms in total. The van der Waals surface area contributed by atoms with Crippen LogP contribution in [0.4, 0.5) is 4.79 Å². The molecule has 0 aromatic rings. The average molecular weight is 212 g/mol. The van der Waals surface area contributed by atoms with Crippen molar-refractivity contribution in [3.8, 4) is 0 Å². The first-order chi connectivity index (χ1) is 7.31. The Balaban J connectivity index is 1.93. The van der Waals surface area contributed by atoms with E-state index >= 15 is 0 Å². The van der Waals surface area contributed by atoms with Gasteiger partial charge in [0.1, 0.15) is 0 Å². The third-order valence-corrected chi connectivity index (χ3v) is 3.33. The van der Waals surface area contributed by atoms with Crippen LogP contribution in [0.2, 0.25) is 0 Å². The van der Waals surface area contributed by atoms with Gasteiger partial charge in [-0.15, -0.1) is 0 Å². The van der Waals surface area contributed by atoms with E-state index in [1.165, 1.54) is 19.4 Å². The Labute approximate surface area is 91.2 Å². The predicted molar refractivity (Wildman–Crippen MR) is 57.8 cm³/mol. The molecule has 0 radical (unpaired) electrons. The van der Waals surface area contributed by atoms with Crippen LogP contribution in [0.5, 0.6) is 0 Å². The van der Waals surface area contributed by atoms with Gasteiger partial charge in [-0.3, -0.25) is 4.90 Å². The normalized spacial score (nSPS) is 27.3. The van der Waals surface area contributed by atoms with Gasteiger partial charge in [-0.1, -0.05) is 0 Å². The number of hydrogen-bond donors (Lipinski definition) is 0. The summed E-state index contributed by atoms with van der Waals surface area (Å²) in [7, 11) is 0. The fourth-order valence-corrected chi connectivity index (χ4v) is 2.59. The van der Waals surface area contributed by atoms with E-state index in [0.717, 1.165) is 26.1 Å². The van der Waals surface area contributed by atoms with E-state index in [-0.39, 0.29) is 6.09 Å². The maximum Gasteiger partial charge on any atom is 0.409 e. The third kappa shape index (κ3) is 2.43. The minimum absolute atomic E-state index is 0.133. The van der Waals surface area contributed by atoms with Gasteiger partial charge in [0.15, 0.2) is 0 Å². The van der Waals surface area contributed by atoms with Crippen LogP contribution in [0.3, 0.4) is 0 Å². The topological polar surface area (TPSA) is 32.8 Å². The molecule has 1 amide bonds. The summed E-state index contributed by atoms with van der Waals surface area (Å²) in [6, 6.07) is 0.580. The van der Waals surface area contributed by atoms with Crippen LogP contribution in [0.1, 0.15) is 26.2 Å². The highest BCUT2D eigenvalue weighted by atomic mass is 16.6. The highest BCUT2D eigenvalue weighted by Crippen LogP contribution is 2.21. The van der Waals surface area contributed by atoms with E-state index in [1.807, 2.05) is 11.8 Å². The van der Waals surface area contributed by atoms with Gasteiger partial charge >= 0.3 is 6.09 Å². The number of carbonyl (C=O) groups excluding carboxylic acids is 1. The zero-order chi connectivity index (χ0) is 10.7. The molecule has 86 valence electrons. The monoisotopic (exact) mass is 212 g/mol. The van der Waals surface area contributed by atoms with E-state index in [9.17, 15) is 4.79 Å². The SMILES string of the molecule is CCOC(=O)N1CCCN2CCCC2C1. The van der Waals surface area contributed by atoms with Crippen molar-refractivity contribution < 1.29 is 9.53 Å². The van der Waals surface area contributed by atoms with Crippen molar-refractivity contribution in [1.29, 1.82) is 0 Å². The van der Waals surface area contributed by atoms with Crippen LogP contribution >= 0.6 is 0 Å². The van der Waals surface area contributed by atoms with Gasteiger partial charge in [0.05, 0.1) is 6.61 Å². The molecular formula is C11H20N2O2. The van der Waals surface area contributed by atoms with Gasteiger partial charge in [-0.05, 0) is 32.7 Å². The Morgan fingerprint density at radius 2 is 2.13 bits per heavy atom. The molecule has 0 saturated carbocycles. The average Bonchev–Trinajstić information content (AvgIpc) is 2.56. The van der Waals surface area contributed by atoms with Crippen LogP contribution in [0, 0.1) is 0 Å². The van der Waals surface area contributed by atoms with E-state index in [1.54, 1.807) is 0 Å². The molecule has 1 atom stereocenters. The van der Waals surface area contributed by atoms with Crippen LogP contribution in [-0.4, -0.2) is 54.7 Å². The van der Waals surface area contributed by atoms with Crippen LogP contribution in [0.15, 0.2) is 0 Å². The standard InChI is InChI=1S/C11H20N2O2/c1-2-15-11(14)13-8-4-7-12-6-3-5-10(12)9-13/h10H,2-9H2,1H3. The van der Waals surface area contributed by atoms with Crippen LogP contribution in [-0.2, 0) is 4.74 Å². The molecule has 0 aliphatic carbocycles. The number of carbonyl (C=O) groups is 1. The number of nitrogens with zero attached hydrogens (tertiary/aromatic N) is 2. The number of rotatable bonds is 1. The molecule has 2 rings (SSSR count). The number of ether oxygens (including phenoxy) is 1. The molecular weight excluding hydrogens is 192 g/mol. The molecule has 2 saturated heterocycles. The second kappa shape index (κ2) is 4.84. The minimum Gasteiger partial charge on any atom is -0.450 e. The zero-order valence-corrected chi connectivity index (χ0v) is 9.45. The molecule has 0 bridgehead atoms. The lowest BCUT2D eigenvalue weighted by molar-refractivity contribution is 0.104. The molecule has 2 fully saturated rings. The van der Waals surface area contributed by atoms with Gasteiger partial charge in [0.25, 0.3) is 0 Å². The summed E-state index contributed by atoms with van der Waals surface area (Å²) >= 11 is 0. The zero-order valence-electron chi connectivity index (χ0n) is 9.45. The molecule has 2 aliphatic rings. The fraction of sp³-hybridized carbons (Fsp3) is 0.909. The van der Waals surface area contributed by atoms with Gasteiger partial charge in [-0.25, -0.2) is 4.79 Å². The Morgan fingerprint density at radius 3 is 2.93 bits per heavy atom. The summed E-state index contributed by atoms with van der Waals surface area (Å²) in [4.78, 5) is 16.0. The summed E-state index contributed by atoms with van der Waals surface area (Å²) < 4.78 is 5.05. The largest absolute Gasteiger partial charge is 0.450 e. The maximum absolute atomic E-state index is 11.6. The molecule has 15 heavy (non-hydrogen) atoms. The Bertz CT molecular complexity index is 233. The maximum atomic E-state index is 11.6. The van der Waals surface area contributed by atoms with Crippen molar-refractivity contribution in [3.05, 3.63) is 0 Å². The summed E-state index contributed by atoms with van der Waals surface area (Å²) in [5.41, 5.74) is 0. The molecule has 2 aliphatic heterocycles. The Hall–Kier alpha value is -0.770. The van der Waals surface area contributed by atoms with Crippen molar-refractivity contribution in [3.63, 3.8) is 0 Å². The number of amides is 1. The van der Waals surface area contributed by atoms with Gasteiger partial charge < -0.3 is 9.64 Å². The van der Waals surface area contributed by atoms with Crippen molar-refractivity contribution >= 4 is 6.09 Å². The first kappa shape index (κ1) is 10.7. The molecule has 0 N–H and O–H groups in total. The molecule has 0 spiro atoms. The number of fused-ring (bicyclic) bond motifs is 1. The Kier molecular flexibility index (Phi) is 3.46. The van der Waals surface area contributed by atoms with Crippen LogP contribution in [0.25, 0.3) is 0 Å². The summed E-state index contributed by atoms with van der Waals surface area (Å²) in [5.74, 6) is 0. The Morgan fingerprint density at radius 1 is 1.33 bits per heavy atom. The smallest absolute Gasteiger partial charge is 0.409 e. The lowest BCUT2D eigenvalue weighted by Gasteiger charge is -2.24. The summed E-state index contributed by atoms with van der Waals surface area (Å²) in [6.45, 7) is 6.40. The van der Waals surface area contributed by atoms with Crippen LogP contribution < -0.4 is 0 Å². The minimum atomic E-state index is -0.133. The van der Waals surface area contributed by atoms with Gasteiger partial charge in [0, 0.05) is 25.7 Å². The third-order valence-electron chi connectivity index (χ3n) is 3.33. The van der Waals surface area contributed by atoms with Crippen molar-refractivity contribution in [1.82, 2.24) is 9.80 Å². The molecule has 0 aromatic carbocycles. The lowest BCUT2D eigenvalue weighted by atomic mass is 10.2. The quantitative estimate of drug-likeness (QED) is 0.657. The summed E-state index contributed by atoms with van der Waals surface area (Å²) in [6.07, 6.45) is 3.46. The van der Waals surface area contributed by atoms with Crippen molar-refractivity contribution in [2.45, 2.75) is 32.2 Å². The van der Waals surface area contributed by atoms with Crippen molar-refractivity contribution in [2.24, 2.45) is 0 Å². The first-order valence-electron chi connectivity index (χ1n) is 5.97. The van der Waals surface area contributed by atoms with Crippen molar-refractivity contribution in [2.75, 3.05) is 32.8 Å². The van der Waals surface area contributed by atoms with E-state index in [4.69, 9.17) is 4.74 Å².